The second kappa shape index (κ2) is 6.64. The molecule has 0 aromatic heterocycles. The average Bonchev–Trinajstić information content (AvgIpc) is 2.77. The van der Waals surface area contributed by atoms with Gasteiger partial charge >= 0.3 is 0 Å². The number of benzene rings is 3. The van der Waals surface area contributed by atoms with Crippen molar-refractivity contribution >= 4 is 5.76 Å². The van der Waals surface area contributed by atoms with Crippen molar-refractivity contribution in [3.63, 3.8) is 0 Å². The smallest absolute Gasteiger partial charge is 0.149 e. The number of fused-ring (bicyclic) bond motifs is 3. The van der Waals surface area contributed by atoms with E-state index < -0.39 is 0 Å². The van der Waals surface area contributed by atoms with Crippen LogP contribution in [0.5, 0.6) is 23.0 Å². The summed E-state index contributed by atoms with van der Waals surface area (Å²) in [5.41, 5.74) is 4.26. The molecule has 0 saturated heterocycles. The zero-order valence-electron chi connectivity index (χ0n) is 15.8. The van der Waals surface area contributed by atoms with Crippen molar-refractivity contribution in [1.82, 2.24) is 0 Å². The summed E-state index contributed by atoms with van der Waals surface area (Å²) in [5.74, 6) is 4.08. The van der Waals surface area contributed by atoms with Crippen LogP contribution < -0.4 is 18.9 Å². The van der Waals surface area contributed by atoms with Gasteiger partial charge in [0, 0.05) is 23.6 Å². The number of hydrogen-bond acceptors (Lipinski definition) is 4. The van der Waals surface area contributed by atoms with E-state index in [-0.39, 0.29) is 6.10 Å². The molecular formula is C24H20O4. The SMILES string of the molecule is COc1ccc2c(c1)CC1=C(O2)c2ccc(OC)cc2OC1c1ccccc1. The maximum absolute atomic E-state index is 6.45. The van der Waals surface area contributed by atoms with E-state index in [1.165, 1.54) is 0 Å². The molecule has 0 aliphatic carbocycles. The van der Waals surface area contributed by atoms with Gasteiger partial charge in [-0.05, 0) is 35.9 Å². The Labute approximate surface area is 163 Å². The molecule has 1 unspecified atom stereocenters. The van der Waals surface area contributed by atoms with E-state index in [1.807, 2.05) is 54.6 Å². The van der Waals surface area contributed by atoms with Crippen LogP contribution in [0.25, 0.3) is 5.76 Å². The number of rotatable bonds is 3. The van der Waals surface area contributed by atoms with Crippen molar-refractivity contribution in [3.8, 4) is 23.0 Å². The molecular weight excluding hydrogens is 352 g/mol. The van der Waals surface area contributed by atoms with Gasteiger partial charge in [-0.25, -0.2) is 0 Å². The lowest BCUT2D eigenvalue weighted by Gasteiger charge is -2.34. The molecule has 0 amide bonds. The van der Waals surface area contributed by atoms with Crippen LogP contribution in [0.1, 0.15) is 22.8 Å². The lowest BCUT2D eigenvalue weighted by atomic mass is 9.88. The van der Waals surface area contributed by atoms with Gasteiger partial charge in [-0.15, -0.1) is 0 Å². The summed E-state index contributed by atoms with van der Waals surface area (Å²) in [6.45, 7) is 0. The van der Waals surface area contributed by atoms with E-state index in [0.29, 0.717) is 0 Å². The fourth-order valence-corrected chi connectivity index (χ4v) is 3.83. The first kappa shape index (κ1) is 16.8. The largest absolute Gasteiger partial charge is 0.497 e. The highest BCUT2D eigenvalue weighted by molar-refractivity contribution is 5.76. The van der Waals surface area contributed by atoms with Crippen LogP contribution in [0.4, 0.5) is 0 Å². The van der Waals surface area contributed by atoms with Gasteiger partial charge in [-0.2, -0.15) is 0 Å². The van der Waals surface area contributed by atoms with Crippen molar-refractivity contribution in [3.05, 3.63) is 89.0 Å². The second-order valence-electron chi connectivity index (χ2n) is 6.88. The zero-order valence-corrected chi connectivity index (χ0v) is 15.8. The molecule has 0 radical (unpaired) electrons. The minimum Gasteiger partial charge on any atom is -0.497 e. The first-order chi connectivity index (χ1) is 13.8. The monoisotopic (exact) mass is 372 g/mol. The Morgan fingerprint density at radius 1 is 0.821 bits per heavy atom. The highest BCUT2D eigenvalue weighted by Gasteiger charge is 2.35. The number of hydrogen-bond donors (Lipinski definition) is 0. The average molecular weight is 372 g/mol. The summed E-state index contributed by atoms with van der Waals surface area (Å²) in [6.07, 6.45) is 0.530. The van der Waals surface area contributed by atoms with Crippen molar-refractivity contribution in [1.29, 1.82) is 0 Å². The third-order valence-electron chi connectivity index (χ3n) is 5.25. The molecule has 3 aromatic rings. The van der Waals surface area contributed by atoms with Crippen LogP contribution in [-0.2, 0) is 6.42 Å². The van der Waals surface area contributed by atoms with E-state index in [9.17, 15) is 0 Å². The Balaban J connectivity index is 1.66. The summed E-state index contributed by atoms with van der Waals surface area (Å²) in [7, 11) is 3.33. The normalized spacial score (nSPS) is 16.9. The standard InChI is InChI=1S/C24H20O4/c1-25-17-9-11-21-16(12-17)13-20-23(15-6-4-3-5-7-15)28-22-14-18(26-2)8-10-19(22)24(20)27-21/h3-12,14,23H,13H2,1-2H3. The summed E-state index contributed by atoms with van der Waals surface area (Å²) < 4.78 is 23.6. The van der Waals surface area contributed by atoms with Crippen molar-refractivity contribution < 1.29 is 18.9 Å². The maximum atomic E-state index is 6.45. The molecule has 5 rings (SSSR count). The van der Waals surface area contributed by atoms with Crippen molar-refractivity contribution in [2.45, 2.75) is 12.5 Å². The van der Waals surface area contributed by atoms with Crippen LogP contribution in [0, 0.1) is 0 Å². The second-order valence-corrected chi connectivity index (χ2v) is 6.88. The summed E-state index contributed by atoms with van der Waals surface area (Å²) in [5, 5.41) is 0. The Morgan fingerprint density at radius 2 is 1.57 bits per heavy atom. The molecule has 0 N–H and O–H groups in total. The highest BCUT2D eigenvalue weighted by atomic mass is 16.5. The van der Waals surface area contributed by atoms with Gasteiger partial charge in [0.25, 0.3) is 0 Å². The molecule has 0 saturated carbocycles. The molecule has 4 nitrogen and oxygen atoms in total. The quantitative estimate of drug-likeness (QED) is 0.634. The summed E-state index contributed by atoms with van der Waals surface area (Å²) in [6, 6.07) is 22.0. The molecule has 4 heteroatoms. The van der Waals surface area contributed by atoms with Crippen LogP contribution in [0.15, 0.2) is 72.3 Å². The summed E-state index contributed by atoms with van der Waals surface area (Å²) >= 11 is 0. The molecule has 0 spiro atoms. The molecule has 140 valence electrons. The van der Waals surface area contributed by atoms with Crippen LogP contribution in [-0.4, -0.2) is 14.2 Å². The predicted octanol–water partition coefficient (Wildman–Crippen LogP) is 5.18. The third-order valence-corrected chi connectivity index (χ3v) is 5.25. The lowest BCUT2D eigenvalue weighted by Crippen LogP contribution is -2.23. The Morgan fingerprint density at radius 3 is 2.36 bits per heavy atom. The molecule has 2 heterocycles. The fraction of sp³-hybridized carbons (Fsp3) is 0.167. The maximum Gasteiger partial charge on any atom is 0.149 e. The zero-order chi connectivity index (χ0) is 19.1. The van der Waals surface area contributed by atoms with Gasteiger partial charge in [0.05, 0.1) is 19.8 Å². The first-order valence-electron chi connectivity index (χ1n) is 9.24. The minimum absolute atomic E-state index is 0.213. The number of ether oxygens (including phenoxy) is 4. The molecule has 28 heavy (non-hydrogen) atoms. The van der Waals surface area contributed by atoms with Crippen molar-refractivity contribution in [2.75, 3.05) is 14.2 Å². The molecule has 2 aliphatic rings. The van der Waals surface area contributed by atoms with Crippen LogP contribution >= 0.6 is 0 Å². The van der Waals surface area contributed by atoms with Gasteiger partial charge < -0.3 is 18.9 Å². The minimum atomic E-state index is -0.213. The van der Waals surface area contributed by atoms with E-state index >= 15 is 0 Å². The van der Waals surface area contributed by atoms with E-state index in [2.05, 4.69) is 12.1 Å². The summed E-state index contributed by atoms with van der Waals surface area (Å²) in [4.78, 5) is 0. The van der Waals surface area contributed by atoms with Crippen LogP contribution in [0.3, 0.4) is 0 Å². The van der Waals surface area contributed by atoms with Gasteiger partial charge in [0.1, 0.15) is 34.9 Å². The van der Waals surface area contributed by atoms with E-state index in [1.54, 1.807) is 14.2 Å². The fourth-order valence-electron chi connectivity index (χ4n) is 3.83. The Bertz CT molecular complexity index is 1070. The topological polar surface area (TPSA) is 36.9 Å². The molecule has 3 aromatic carbocycles. The van der Waals surface area contributed by atoms with E-state index in [4.69, 9.17) is 18.9 Å². The van der Waals surface area contributed by atoms with Gasteiger partial charge in [-0.3, -0.25) is 0 Å². The van der Waals surface area contributed by atoms with Gasteiger partial charge in [0.15, 0.2) is 0 Å². The Hall–Kier alpha value is -3.40. The lowest BCUT2D eigenvalue weighted by molar-refractivity contribution is 0.224. The van der Waals surface area contributed by atoms with Crippen LogP contribution in [0.2, 0.25) is 0 Å². The Kier molecular flexibility index (Phi) is 3.97. The first-order valence-corrected chi connectivity index (χ1v) is 9.24. The predicted molar refractivity (Wildman–Crippen MR) is 107 cm³/mol. The third kappa shape index (κ3) is 2.69. The highest BCUT2D eigenvalue weighted by Crippen LogP contribution is 2.48. The van der Waals surface area contributed by atoms with E-state index in [0.717, 1.165) is 57.4 Å². The molecule has 0 fully saturated rings. The molecule has 1 atom stereocenters. The van der Waals surface area contributed by atoms with Gasteiger partial charge in [0.2, 0.25) is 0 Å². The van der Waals surface area contributed by atoms with Gasteiger partial charge in [-0.1, -0.05) is 30.3 Å². The molecule has 0 bridgehead atoms. The van der Waals surface area contributed by atoms with Crippen molar-refractivity contribution in [2.24, 2.45) is 0 Å². The number of methoxy groups -OCH3 is 2. The molecule has 2 aliphatic heterocycles.